The van der Waals surface area contributed by atoms with Gasteiger partial charge in [0, 0.05) is 18.3 Å². The van der Waals surface area contributed by atoms with E-state index in [4.69, 9.17) is 0 Å². The fourth-order valence-corrected chi connectivity index (χ4v) is 4.06. The average Bonchev–Trinajstić information content (AvgIpc) is 2.72. The van der Waals surface area contributed by atoms with Gasteiger partial charge in [-0.15, -0.1) is 11.8 Å². The van der Waals surface area contributed by atoms with Crippen LogP contribution in [0.15, 0.2) is 60.7 Å². The Hall–Kier alpha value is -2.27. The van der Waals surface area contributed by atoms with Gasteiger partial charge in [0.05, 0.1) is 5.75 Å². The molecule has 0 aliphatic carbocycles. The van der Waals surface area contributed by atoms with E-state index in [0.717, 1.165) is 12.2 Å². The minimum Gasteiger partial charge on any atom is -0.352 e. The Morgan fingerprint density at radius 2 is 1.55 bits per heavy atom. The summed E-state index contributed by atoms with van der Waals surface area (Å²) in [5.74, 6) is 1.10. The smallest absolute Gasteiger partial charge is 0.242 e. The molecular formula is C24H32N2O2S. The lowest BCUT2D eigenvalue weighted by atomic mass is 10.1. The van der Waals surface area contributed by atoms with E-state index in [2.05, 4.69) is 29.6 Å². The average molecular weight is 413 g/mol. The molecule has 0 spiro atoms. The van der Waals surface area contributed by atoms with E-state index in [9.17, 15) is 9.59 Å². The summed E-state index contributed by atoms with van der Waals surface area (Å²) in [6.07, 6.45) is 1.34. The molecule has 2 aromatic carbocycles. The molecule has 0 bridgehead atoms. The van der Waals surface area contributed by atoms with Crippen molar-refractivity contribution < 1.29 is 9.59 Å². The second-order valence-corrected chi connectivity index (χ2v) is 8.37. The van der Waals surface area contributed by atoms with E-state index in [1.807, 2.05) is 57.2 Å². The normalized spacial score (nSPS) is 11.9. The lowest BCUT2D eigenvalue weighted by molar-refractivity contribution is -0.139. The monoisotopic (exact) mass is 412 g/mol. The second-order valence-electron chi connectivity index (χ2n) is 7.39. The van der Waals surface area contributed by atoms with Crippen molar-refractivity contribution in [3.63, 3.8) is 0 Å². The van der Waals surface area contributed by atoms with E-state index in [-0.39, 0.29) is 17.9 Å². The molecule has 2 amide bonds. The molecule has 5 heteroatoms. The fourth-order valence-electron chi connectivity index (χ4n) is 3.19. The number of benzene rings is 2. The van der Waals surface area contributed by atoms with Gasteiger partial charge >= 0.3 is 0 Å². The summed E-state index contributed by atoms with van der Waals surface area (Å²) in [5.41, 5.74) is 2.37. The number of amides is 2. The molecule has 0 aromatic heterocycles. The number of nitrogens with one attached hydrogen (secondary N) is 1. The molecule has 0 aliphatic heterocycles. The van der Waals surface area contributed by atoms with Crippen molar-refractivity contribution in [3.8, 4) is 0 Å². The highest BCUT2D eigenvalue weighted by atomic mass is 32.2. The molecule has 0 saturated heterocycles. The van der Waals surface area contributed by atoms with Crippen LogP contribution in [0.25, 0.3) is 0 Å². The van der Waals surface area contributed by atoms with Crippen molar-refractivity contribution in [1.82, 2.24) is 10.2 Å². The molecule has 29 heavy (non-hydrogen) atoms. The molecule has 1 atom stereocenters. The maximum absolute atomic E-state index is 13.1. The SMILES string of the molecule is CCC(C(=O)NC(C)C)N(CCc1ccccc1)C(=O)CSCc1ccccc1. The van der Waals surface area contributed by atoms with E-state index in [0.29, 0.717) is 18.7 Å². The Bertz CT molecular complexity index is 750. The lowest BCUT2D eigenvalue weighted by Gasteiger charge is -2.31. The van der Waals surface area contributed by atoms with Crippen LogP contribution < -0.4 is 5.32 Å². The molecule has 156 valence electrons. The van der Waals surface area contributed by atoms with Crippen molar-refractivity contribution in [2.75, 3.05) is 12.3 Å². The Labute approximate surface area is 179 Å². The summed E-state index contributed by atoms with van der Waals surface area (Å²) in [6, 6.07) is 19.8. The number of hydrogen-bond acceptors (Lipinski definition) is 3. The van der Waals surface area contributed by atoms with Crippen LogP contribution in [0.4, 0.5) is 0 Å². The summed E-state index contributed by atoms with van der Waals surface area (Å²) >= 11 is 1.60. The van der Waals surface area contributed by atoms with Gasteiger partial charge in [-0.25, -0.2) is 0 Å². The fraction of sp³-hybridized carbons (Fsp3) is 0.417. The summed E-state index contributed by atoms with van der Waals surface area (Å²) in [7, 11) is 0. The highest BCUT2D eigenvalue weighted by Gasteiger charge is 2.28. The van der Waals surface area contributed by atoms with Crippen LogP contribution in [-0.2, 0) is 21.8 Å². The van der Waals surface area contributed by atoms with Gasteiger partial charge in [-0.05, 0) is 37.8 Å². The molecule has 2 aromatic rings. The van der Waals surface area contributed by atoms with Crippen LogP contribution in [0.3, 0.4) is 0 Å². The first-order chi connectivity index (χ1) is 14.0. The van der Waals surface area contributed by atoms with Gasteiger partial charge in [-0.3, -0.25) is 9.59 Å². The van der Waals surface area contributed by atoms with Crippen LogP contribution >= 0.6 is 11.8 Å². The number of rotatable bonds is 11. The minimum absolute atomic E-state index is 0.0209. The molecule has 0 saturated carbocycles. The van der Waals surface area contributed by atoms with Crippen LogP contribution in [0.1, 0.15) is 38.3 Å². The molecule has 4 nitrogen and oxygen atoms in total. The predicted octanol–water partition coefficient (Wildman–Crippen LogP) is 4.29. The Balaban J connectivity index is 2.04. The molecule has 1 unspecified atom stereocenters. The maximum Gasteiger partial charge on any atom is 0.242 e. The first-order valence-corrected chi connectivity index (χ1v) is 11.4. The summed E-state index contributed by atoms with van der Waals surface area (Å²) < 4.78 is 0. The quantitative estimate of drug-likeness (QED) is 0.599. The van der Waals surface area contributed by atoms with Crippen LogP contribution in [0.5, 0.6) is 0 Å². The summed E-state index contributed by atoms with van der Waals surface area (Å²) in [6.45, 7) is 6.39. The topological polar surface area (TPSA) is 49.4 Å². The minimum atomic E-state index is -0.439. The number of hydrogen-bond donors (Lipinski definition) is 1. The first-order valence-electron chi connectivity index (χ1n) is 10.3. The van der Waals surface area contributed by atoms with E-state index >= 15 is 0 Å². The second kappa shape index (κ2) is 12.3. The zero-order valence-electron chi connectivity index (χ0n) is 17.6. The highest BCUT2D eigenvalue weighted by Crippen LogP contribution is 2.15. The van der Waals surface area contributed by atoms with E-state index in [1.165, 1.54) is 11.1 Å². The lowest BCUT2D eigenvalue weighted by Crippen LogP contribution is -2.51. The zero-order valence-corrected chi connectivity index (χ0v) is 18.5. The van der Waals surface area contributed by atoms with Gasteiger partial charge in [0.15, 0.2) is 0 Å². The number of carbonyl (C=O) groups excluding carboxylic acids is 2. The van der Waals surface area contributed by atoms with Gasteiger partial charge < -0.3 is 10.2 Å². The third-order valence-electron chi connectivity index (χ3n) is 4.64. The molecule has 2 rings (SSSR count). The molecule has 0 aliphatic rings. The highest BCUT2D eigenvalue weighted by molar-refractivity contribution is 7.99. The molecule has 0 heterocycles. The molecular weight excluding hydrogens is 380 g/mol. The summed E-state index contributed by atoms with van der Waals surface area (Å²) in [4.78, 5) is 27.6. The molecule has 0 radical (unpaired) electrons. The predicted molar refractivity (Wildman–Crippen MR) is 122 cm³/mol. The standard InChI is InChI=1S/C24H32N2O2S/c1-4-22(24(28)25-19(2)3)26(16-15-20-11-7-5-8-12-20)23(27)18-29-17-21-13-9-6-10-14-21/h5-14,19,22H,4,15-18H2,1-3H3,(H,25,28). The van der Waals surface area contributed by atoms with Crippen molar-refractivity contribution in [2.45, 2.75) is 51.4 Å². The van der Waals surface area contributed by atoms with Crippen LogP contribution in [0.2, 0.25) is 0 Å². The van der Waals surface area contributed by atoms with E-state index < -0.39 is 6.04 Å². The third-order valence-corrected chi connectivity index (χ3v) is 5.63. The van der Waals surface area contributed by atoms with Crippen molar-refractivity contribution in [1.29, 1.82) is 0 Å². The van der Waals surface area contributed by atoms with Crippen LogP contribution in [0, 0.1) is 0 Å². The van der Waals surface area contributed by atoms with Crippen molar-refractivity contribution in [3.05, 3.63) is 71.8 Å². The zero-order chi connectivity index (χ0) is 21.1. The van der Waals surface area contributed by atoms with Gasteiger partial charge in [-0.1, -0.05) is 67.6 Å². The Morgan fingerprint density at radius 3 is 2.10 bits per heavy atom. The maximum atomic E-state index is 13.1. The first kappa shape index (κ1) is 23.0. The van der Waals surface area contributed by atoms with Gasteiger partial charge in [0.1, 0.15) is 6.04 Å². The Kier molecular flexibility index (Phi) is 9.78. The van der Waals surface area contributed by atoms with Gasteiger partial charge in [0.25, 0.3) is 0 Å². The third kappa shape index (κ3) is 7.94. The number of thioether (sulfide) groups is 1. The van der Waals surface area contributed by atoms with Crippen molar-refractivity contribution in [2.24, 2.45) is 0 Å². The number of carbonyl (C=O) groups is 2. The summed E-state index contributed by atoms with van der Waals surface area (Å²) in [5, 5.41) is 2.97. The van der Waals surface area contributed by atoms with Gasteiger partial charge in [0.2, 0.25) is 11.8 Å². The largest absolute Gasteiger partial charge is 0.352 e. The van der Waals surface area contributed by atoms with Crippen LogP contribution in [-0.4, -0.2) is 41.1 Å². The number of nitrogens with zero attached hydrogens (tertiary/aromatic N) is 1. The molecule has 0 fully saturated rings. The molecule has 1 N–H and O–H groups in total. The van der Waals surface area contributed by atoms with Crippen molar-refractivity contribution >= 4 is 23.6 Å². The van der Waals surface area contributed by atoms with Gasteiger partial charge in [-0.2, -0.15) is 0 Å². The van der Waals surface area contributed by atoms with E-state index in [1.54, 1.807) is 16.7 Å². The Morgan fingerprint density at radius 1 is 0.966 bits per heavy atom.